The standard InChI is InChI=1S/C12H15FN2O4/c1-15(5-2-6-16)12(19)14-8-3-4-9(11(17)18)10(13)7-8/h3-4,7,16H,2,5-6H2,1H3,(H,14,19)(H,17,18). The molecule has 1 rings (SSSR count). The zero-order valence-corrected chi connectivity index (χ0v) is 10.4. The molecule has 2 amide bonds. The van der Waals surface area contributed by atoms with E-state index in [9.17, 15) is 14.0 Å². The quantitative estimate of drug-likeness (QED) is 0.753. The van der Waals surface area contributed by atoms with Gasteiger partial charge in [-0.05, 0) is 24.6 Å². The summed E-state index contributed by atoms with van der Waals surface area (Å²) in [6.07, 6.45) is 0.441. The van der Waals surface area contributed by atoms with E-state index in [2.05, 4.69) is 5.32 Å². The van der Waals surface area contributed by atoms with Crippen LogP contribution < -0.4 is 5.32 Å². The second-order valence-corrected chi connectivity index (χ2v) is 3.93. The topological polar surface area (TPSA) is 89.9 Å². The molecule has 0 atom stereocenters. The van der Waals surface area contributed by atoms with E-state index in [1.54, 1.807) is 0 Å². The van der Waals surface area contributed by atoms with Gasteiger partial charge < -0.3 is 20.4 Å². The summed E-state index contributed by atoms with van der Waals surface area (Å²) in [5, 5.41) is 19.7. The van der Waals surface area contributed by atoms with Crippen LogP contribution in [0.5, 0.6) is 0 Å². The highest BCUT2D eigenvalue weighted by Crippen LogP contribution is 2.15. The second-order valence-electron chi connectivity index (χ2n) is 3.93. The normalized spacial score (nSPS) is 10.1. The van der Waals surface area contributed by atoms with Gasteiger partial charge in [0.1, 0.15) is 5.82 Å². The highest BCUT2D eigenvalue weighted by Gasteiger charge is 2.13. The van der Waals surface area contributed by atoms with E-state index in [1.807, 2.05) is 0 Å². The first-order valence-corrected chi connectivity index (χ1v) is 5.61. The number of carbonyl (C=O) groups excluding carboxylic acids is 1. The molecule has 0 spiro atoms. The maximum atomic E-state index is 13.4. The Bertz CT molecular complexity index is 479. The molecule has 0 aliphatic carbocycles. The van der Waals surface area contributed by atoms with Crippen molar-refractivity contribution >= 4 is 17.7 Å². The van der Waals surface area contributed by atoms with Crippen molar-refractivity contribution in [1.82, 2.24) is 4.90 Å². The fourth-order valence-corrected chi connectivity index (χ4v) is 1.39. The molecule has 104 valence electrons. The first-order valence-electron chi connectivity index (χ1n) is 5.61. The zero-order chi connectivity index (χ0) is 14.4. The van der Waals surface area contributed by atoms with Crippen LogP contribution in [0.2, 0.25) is 0 Å². The van der Waals surface area contributed by atoms with Gasteiger partial charge in [-0.2, -0.15) is 0 Å². The number of aliphatic hydroxyl groups is 1. The fraction of sp³-hybridized carbons (Fsp3) is 0.333. The number of anilines is 1. The summed E-state index contributed by atoms with van der Waals surface area (Å²) in [5.41, 5.74) is -0.282. The van der Waals surface area contributed by atoms with Gasteiger partial charge in [0.05, 0.1) is 5.56 Å². The molecule has 7 heteroatoms. The van der Waals surface area contributed by atoms with E-state index in [-0.39, 0.29) is 12.3 Å². The zero-order valence-electron chi connectivity index (χ0n) is 10.4. The van der Waals surface area contributed by atoms with E-state index < -0.39 is 23.4 Å². The minimum Gasteiger partial charge on any atom is -0.478 e. The number of nitrogens with one attached hydrogen (secondary N) is 1. The van der Waals surface area contributed by atoms with Gasteiger partial charge in [-0.25, -0.2) is 14.0 Å². The van der Waals surface area contributed by atoms with Crippen molar-refractivity contribution in [2.75, 3.05) is 25.5 Å². The Kier molecular flexibility index (Phi) is 5.25. The number of carboxylic acids is 1. The van der Waals surface area contributed by atoms with Crippen LogP contribution in [-0.4, -0.2) is 47.3 Å². The summed E-state index contributed by atoms with van der Waals surface area (Å²) in [6.45, 7) is 0.331. The predicted molar refractivity (Wildman–Crippen MR) is 66.7 cm³/mol. The summed E-state index contributed by atoms with van der Waals surface area (Å²) in [4.78, 5) is 23.6. The molecule has 0 aliphatic rings. The molecule has 6 nitrogen and oxygen atoms in total. The second kappa shape index (κ2) is 6.69. The van der Waals surface area contributed by atoms with E-state index in [1.165, 1.54) is 18.0 Å². The SMILES string of the molecule is CN(CCCO)C(=O)Nc1ccc(C(=O)O)c(F)c1. The van der Waals surface area contributed by atoms with Crippen LogP contribution in [0.15, 0.2) is 18.2 Å². The van der Waals surface area contributed by atoms with Crippen molar-refractivity contribution in [2.45, 2.75) is 6.42 Å². The lowest BCUT2D eigenvalue weighted by molar-refractivity contribution is 0.0692. The molecule has 0 heterocycles. The monoisotopic (exact) mass is 270 g/mol. The van der Waals surface area contributed by atoms with Gasteiger partial charge >= 0.3 is 12.0 Å². The van der Waals surface area contributed by atoms with Crippen LogP contribution in [0.1, 0.15) is 16.8 Å². The Morgan fingerprint density at radius 3 is 2.63 bits per heavy atom. The van der Waals surface area contributed by atoms with Gasteiger partial charge in [0.15, 0.2) is 0 Å². The largest absolute Gasteiger partial charge is 0.478 e. The smallest absolute Gasteiger partial charge is 0.338 e. The summed E-state index contributed by atoms with van der Waals surface area (Å²) < 4.78 is 13.4. The molecule has 0 saturated carbocycles. The lowest BCUT2D eigenvalue weighted by Gasteiger charge is -2.17. The Labute approximate surface area is 109 Å². The molecule has 0 aromatic heterocycles. The number of hydrogen-bond donors (Lipinski definition) is 3. The molecule has 0 radical (unpaired) electrons. The number of hydrogen-bond acceptors (Lipinski definition) is 3. The molecule has 0 bridgehead atoms. The highest BCUT2D eigenvalue weighted by molar-refractivity contribution is 5.91. The average molecular weight is 270 g/mol. The number of amides is 2. The van der Waals surface area contributed by atoms with Gasteiger partial charge in [-0.3, -0.25) is 0 Å². The van der Waals surface area contributed by atoms with Crippen LogP contribution in [0.3, 0.4) is 0 Å². The van der Waals surface area contributed by atoms with Gasteiger partial charge in [0.25, 0.3) is 0 Å². The highest BCUT2D eigenvalue weighted by atomic mass is 19.1. The third-order valence-corrected chi connectivity index (χ3v) is 2.45. The van der Waals surface area contributed by atoms with Crippen molar-refractivity contribution in [3.63, 3.8) is 0 Å². The number of nitrogens with zero attached hydrogens (tertiary/aromatic N) is 1. The molecule has 1 aromatic rings. The number of aliphatic hydroxyl groups excluding tert-OH is 1. The van der Waals surface area contributed by atoms with Crippen molar-refractivity contribution in [2.24, 2.45) is 0 Å². The minimum absolute atomic E-state index is 0.0282. The van der Waals surface area contributed by atoms with Crippen molar-refractivity contribution < 1.29 is 24.2 Å². The third-order valence-electron chi connectivity index (χ3n) is 2.45. The Hall–Kier alpha value is -2.15. The molecule has 0 aliphatic heterocycles. The molecule has 0 saturated heterocycles. The third kappa shape index (κ3) is 4.22. The Balaban J connectivity index is 2.70. The molecular weight excluding hydrogens is 255 g/mol. The maximum Gasteiger partial charge on any atom is 0.338 e. The minimum atomic E-state index is -1.37. The summed E-state index contributed by atoms with van der Waals surface area (Å²) in [7, 11) is 1.53. The number of benzene rings is 1. The lowest BCUT2D eigenvalue weighted by atomic mass is 10.2. The van der Waals surface area contributed by atoms with Crippen LogP contribution in [0.25, 0.3) is 0 Å². The Morgan fingerprint density at radius 2 is 2.11 bits per heavy atom. The lowest BCUT2D eigenvalue weighted by Crippen LogP contribution is -2.32. The van der Waals surface area contributed by atoms with Gasteiger partial charge in [-0.1, -0.05) is 0 Å². The number of halogens is 1. The molecule has 0 unspecified atom stereocenters. The fourth-order valence-electron chi connectivity index (χ4n) is 1.39. The molecule has 0 fully saturated rings. The van der Waals surface area contributed by atoms with Gasteiger partial charge in [0, 0.05) is 25.9 Å². The first kappa shape index (κ1) is 14.9. The summed E-state index contributed by atoms with van der Waals surface area (Å²) in [6, 6.07) is 2.88. The summed E-state index contributed by atoms with van der Waals surface area (Å²) >= 11 is 0. The maximum absolute atomic E-state index is 13.4. The van der Waals surface area contributed by atoms with Gasteiger partial charge in [0.2, 0.25) is 0 Å². The molecule has 1 aromatic carbocycles. The number of carboxylic acid groups (broad SMARTS) is 1. The number of urea groups is 1. The molecule has 19 heavy (non-hydrogen) atoms. The number of aromatic carboxylic acids is 1. The van der Waals surface area contributed by atoms with Crippen LogP contribution in [0.4, 0.5) is 14.9 Å². The molecule has 3 N–H and O–H groups in total. The van der Waals surface area contributed by atoms with Crippen LogP contribution >= 0.6 is 0 Å². The number of carbonyl (C=O) groups is 2. The van der Waals surface area contributed by atoms with Crippen molar-refractivity contribution in [1.29, 1.82) is 0 Å². The van der Waals surface area contributed by atoms with Crippen molar-refractivity contribution in [3.05, 3.63) is 29.6 Å². The molecular formula is C12H15FN2O4. The van der Waals surface area contributed by atoms with E-state index >= 15 is 0 Å². The van der Waals surface area contributed by atoms with E-state index in [4.69, 9.17) is 10.2 Å². The van der Waals surface area contributed by atoms with E-state index in [0.29, 0.717) is 13.0 Å². The van der Waals surface area contributed by atoms with Gasteiger partial charge in [-0.15, -0.1) is 0 Å². The van der Waals surface area contributed by atoms with Crippen molar-refractivity contribution in [3.8, 4) is 0 Å². The van der Waals surface area contributed by atoms with E-state index in [0.717, 1.165) is 12.1 Å². The Morgan fingerprint density at radius 1 is 1.42 bits per heavy atom. The average Bonchev–Trinajstić information content (AvgIpc) is 2.35. The predicted octanol–water partition coefficient (Wildman–Crippen LogP) is 1.37. The number of rotatable bonds is 5. The first-order chi connectivity index (χ1) is 8.95. The summed E-state index contributed by atoms with van der Waals surface area (Å²) in [5.74, 6) is -2.28. The van der Waals surface area contributed by atoms with Crippen LogP contribution in [0, 0.1) is 5.82 Å². The van der Waals surface area contributed by atoms with Crippen LogP contribution in [-0.2, 0) is 0 Å².